The van der Waals surface area contributed by atoms with Crippen LogP contribution < -0.4 is 5.73 Å². The Morgan fingerprint density at radius 1 is 1.21 bits per heavy atom. The molecule has 1 saturated carbocycles. The molecule has 8 heteroatoms. The Morgan fingerprint density at radius 2 is 2.04 bits per heavy atom. The molecule has 0 saturated heterocycles. The summed E-state index contributed by atoms with van der Waals surface area (Å²) in [6.45, 7) is -1.63. The molecule has 1 aliphatic carbocycles. The minimum Gasteiger partial charge on any atom is -0.378 e. The van der Waals surface area contributed by atoms with E-state index < -0.39 is 35.4 Å². The summed E-state index contributed by atoms with van der Waals surface area (Å²) in [5.74, 6) is 4.67. The van der Waals surface area contributed by atoms with Gasteiger partial charge in [0, 0.05) is 23.2 Å². The van der Waals surface area contributed by atoms with Gasteiger partial charge >= 0.3 is 0 Å². The second-order valence-corrected chi connectivity index (χ2v) is 8.74. The van der Waals surface area contributed by atoms with E-state index >= 15 is 0 Å². The van der Waals surface area contributed by atoms with Gasteiger partial charge in [-0.1, -0.05) is 29.3 Å². The number of alkyl halides is 2. The fourth-order valence-electron chi connectivity index (χ4n) is 3.65. The summed E-state index contributed by atoms with van der Waals surface area (Å²) in [5, 5.41) is 0.566. The number of thioether (sulfide) groups is 1. The van der Waals surface area contributed by atoms with Crippen LogP contribution in [0.25, 0.3) is 0 Å². The standard InChI is InChI=1S/C20H15ClF3N3S/c21-13-3-5-14(26-9-13)4-1-12-2-6-16(24)15(7-12)20(11-23)17-8-19(17,10-22)28-18(25)27-20/h2-3,5-7,9,17H,8,10-11H2,(H2,25,27)/t17-,19-,20-/m1/s1. The van der Waals surface area contributed by atoms with Gasteiger partial charge in [-0.15, -0.1) is 0 Å². The summed E-state index contributed by atoms with van der Waals surface area (Å²) in [7, 11) is 0. The van der Waals surface area contributed by atoms with E-state index in [-0.39, 0.29) is 10.7 Å². The first-order valence-electron chi connectivity index (χ1n) is 8.52. The van der Waals surface area contributed by atoms with Crippen molar-refractivity contribution >= 4 is 28.5 Å². The molecule has 2 aromatic rings. The van der Waals surface area contributed by atoms with Crippen LogP contribution in [0.3, 0.4) is 0 Å². The number of pyridine rings is 1. The third kappa shape index (κ3) is 3.15. The summed E-state index contributed by atoms with van der Waals surface area (Å²) in [5.41, 5.74) is 5.33. The molecule has 3 nitrogen and oxygen atoms in total. The number of fused-ring (bicyclic) bond motifs is 1. The molecule has 0 spiro atoms. The van der Waals surface area contributed by atoms with Crippen molar-refractivity contribution in [3.8, 4) is 11.8 Å². The first kappa shape index (κ1) is 19.2. The number of benzene rings is 1. The SMILES string of the molecule is NC1=N[C@](CF)(c2cc(C#Cc3ccc(Cl)cn3)ccc2F)[C@@H]2C[C@]2(CF)S1. The van der Waals surface area contributed by atoms with Gasteiger partial charge in [0.05, 0.1) is 9.77 Å². The molecule has 2 heterocycles. The Hall–Kier alpha value is -2.17. The average Bonchev–Trinajstić information content (AvgIpc) is 3.43. The van der Waals surface area contributed by atoms with Crippen molar-refractivity contribution in [3.05, 3.63) is 64.2 Å². The summed E-state index contributed by atoms with van der Waals surface area (Å²) in [6, 6.07) is 7.50. The molecule has 3 atom stereocenters. The van der Waals surface area contributed by atoms with Crippen LogP contribution in [0.2, 0.25) is 5.02 Å². The van der Waals surface area contributed by atoms with Crippen LogP contribution >= 0.6 is 23.4 Å². The summed E-state index contributed by atoms with van der Waals surface area (Å²) in [6.07, 6.45) is 1.87. The number of hydrogen-bond acceptors (Lipinski definition) is 4. The molecule has 0 bridgehead atoms. The molecule has 2 N–H and O–H groups in total. The van der Waals surface area contributed by atoms with E-state index in [1.54, 1.807) is 12.1 Å². The number of nitrogens with two attached hydrogens (primary N) is 1. The minimum absolute atomic E-state index is 0.0504. The van der Waals surface area contributed by atoms with E-state index in [9.17, 15) is 13.2 Å². The predicted molar refractivity (Wildman–Crippen MR) is 105 cm³/mol. The Balaban J connectivity index is 1.75. The molecule has 1 aromatic heterocycles. The van der Waals surface area contributed by atoms with E-state index in [2.05, 4.69) is 21.8 Å². The first-order chi connectivity index (χ1) is 13.4. The zero-order valence-corrected chi connectivity index (χ0v) is 16.1. The molecular weight excluding hydrogens is 407 g/mol. The molecule has 1 aliphatic heterocycles. The van der Waals surface area contributed by atoms with Crippen LogP contribution in [0.15, 0.2) is 41.5 Å². The fraction of sp³-hybridized carbons (Fsp3) is 0.300. The summed E-state index contributed by atoms with van der Waals surface area (Å²) in [4.78, 5) is 8.33. The maximum Gasteiger partial charge on any atom is 0.155 e. The van der Waals surface area contributed by atoms with Crippen LogP contribution in [0.4, 0.5) is 13.2 Å². The highest BCUT2D eigenvalue weighted by atomic mass is 35.5. The summed E-state index contributed by atoms with van der Waals surface area (Å²) < 4.78 is 41.7. The van der Waals surface area contributed by atoms with Crippen LogP contribution in [0.5, 0.6) is 0 Å². The van der Waals surface area contributed by atoms with Gasteiger partial charge in [-0.2, -0.15) is 0 Å². The lowest BCUT2D eigenvalue weighted by molar-refractivity contribution is 0.257. The number of halogens is 4. The van der Waals surface area contributed by atoms with Gasteiger partial charge in [0.1, 0.15) is 30.4 Å². The van der Waals surface area contributed by atoms with Gasteiger partial charge < -0.3 is 5.73 Å². The number of nitrogens with zero attached hydrogens (tertiary/aromatic N) is 2. The second kappa shape index (κ2) is 7.02. The third-order valence-electron chi connectivity index (χ3n) is 5.14. The number of rotatable bonds is 3. The molecule has 2 aliphatic rings. The summed E-state index contributed by atoms with van der Waals surface area (Å²) >= 11 is 6.91. The average molecular weight is 422 g/mol. The lowest BCUT2D eigenvalue weighted by atomic mass is 9.84. The zero-order chi connectivity index (χ0) is 19.9. The molecule has 1 aromatic carbocycles. The quantitative estimate of drug-likeness (QED) is 0.754. The number of aliphatic imine (C=N–C) groups is 1. The van der Waals surface area contributed by atoms with Crippen LogP contribution in [0, 0.1) is 23.6 Å². The van der Waals surface area contributed by atoms with Gasteiger partial charge in [-0.25, -0.2) is 23.1 Å². The predicted octanol–water partition coefficient (Wildman–Crippen LogP) is 4.23. The monoisotopic (exact) mass is 421 g/mol. The third-order valence-corrected chi connectivity index (χ3v) is 6.63. The van der Waals surface area contributed by atoms with Crippen molar-refractivity contribution in [3.63, 3.8) is 0 Å². The molecule has 0 unspecified atom stereocenters. The topological polar surface area (TPSA) is 51.3 Å². The van der Waals surface area contributed by atoms with Crippen molar-refractivity contribution < 1.29 is 13.2 Å². The van der Waals surface area contributed by atoms with Crippen LogP contribution in [0.1, 0.15) is 23.2 Å². The first-order valence-corrected chi connectivity index (χ1v) is 9.72. The van der Waals surface area contributed by atoms with Crippen molar-refractivity contribution in [1.82, 2.24) is 4.98 Å². The molecule has 1 fully saturated rings. The minimum atomic E-state index is -1.53. The maximum absolute atomic E-state index is 14.7. The van der Waals surface area contributed by atoms with E-state index in [4.69, 9.17) is 17.3 Å². The van der Waals surface area contributed by atoms with Gasteiger partial charge in [0.15, 0.2) is 5.17 Å². The van der Waals surface area contributed by atoms with Crippen LogP contribution in [-0.4, -0.2) is 28.2 Å². The molecule has 144 valence electrons. The normalized spacial score (nSPS) is 28.0. The molecule has 0 amide bonds. The molecule has 0 radical (unpaired) electrons. The lowest BCUT2D eigenvalue weighted by Crippen LogP contribution is -2.40. The molecular formula is C20H15ClF3N3S. The molecule has 4 rings (SSSR count). The zero-order valence-electron chi connectivity index (χ0n) is 14.6. The lowest BCUT2D eigenvalue weighted by Gasteiger charge is -2.34. The fourth-order valence-corrected chi connectivity index (χ4v) is 5.03. The maximum atomic E-state index is 14.7. The van der Waals surface area contributed by atoms with Gasteiger partial charge in [0.25, 0.3) is 0 Å². The Labute approximate surface area is 169 Å². The van der Waals surface area contributed by atoms with Gasteiger partial charge in [-0.05, 0) is 42.7 Å². The highest BCUT2D eigenvalue weighted by molar-refractivity contribution is 8.15. The Morgan fingerprint density at radius 3 is 2.71 bits per heavy atom. The van der Waals surface area contributed by atoms with E-state index in [1.165, 1.54) is 24.4 Å². The van der Waals surface area contributed by atoms with Crippen molar-refractivity contribution in [2.75, 3.05) is 13.3 Å². The second-order valence-electron chi connectivity index (χ2n) is 6.87. The Kier molecular flexibility index (Phi) is 4.80. The smallest absolute Gasteiger partial charge is 0.155 e. The van der Waals surface area contributed by atoms with Crippen molar-refractivity contribution in [1.29, 1.82) is 0 Å². The highest BCUT2D eigenvalue weighted by Crippen LogP contribution is 2.66. The highest BCUT2D eigenvalue weighted by Gasteiger charge is 2.68. The van der Waals surface area contributed by atoms with Gasteiger partial charge in [0.2, 0.25) is 0 Å². The van der Waals surface area contributed by atoms with Crippen molar-refractivity contribution in [2.24, 2.45) is 16.6 Å². The number of aromatic nitrogens is 1. The van der Waals surface area contributed by atoms with Crippen LogP contribution in [-0.2, 0) is 5.54 Å². The van der Waals surface area contributed by atoms with E-state index in [0.29, 0.717) is 22.7 Å². The van der Waals surface area contributed by atoms with E-state index in [1.807, 2.05) is 0 Å². The largest absolute Gasteiger partial charge is 0.378 e. The number of amidine groups is 1. The molecule has 28 heavy (non-hydrogen) atoms. The van der Waals surface area contributed by atoms with Gasteiger partial charge in [-0.3, -0.25) is 0 Å². The Bertz CT molecular complexity index is 1020. The van der Waals surface area contributed by atoms with E-state index in [0.717, 1.165) is 11.8 Å². The van der Waals surface area contributed by atoms with Crippen molar-refractivity contribution in [2.45, 2.75) is 16.7 Å². The number of hydrogen-bond donors (Lipinski definition) is 1.